The summed E-state index contributed by atoms with van der Waals surface area (Å²) in [6.07, 6.45) is -0.723. The van der Waals surface area contributed by atoms with Crippen molar-refractivity contribution in [2.45, 2.75) is 24.3 Å². The van der Waals surface area contributed by atoms with Gasteiger partial charge >= 0.3 is 0 Å². The number of carbonyl (C=O) groups is 1. The number of aliphatic hydroxyl groups excluding tert-OH is 1. The molecule has 2 N–H and O–H groups in total. The van der Waals surface area contributed by atoms with Crippen LogP contribution in [0.15, 0.2) is 47.4 Å². The molecule has 25 heavy (non-hydrogen) atoms. The number of carbonyl (C=O) groups excluding carboxylic acids is 1. The summed E-state index contributed by atoms with van der Waals surface area (Å²) >= 11 is 0. The maximum Gasteiger partial charge on any atom is 0.264 e. The molecule has 1 aliphatic heterocycles. The number of aliphatic hydroxyl groups is 1. The summed E-state index contributed by atoms with van der Waals surface area (Å²) in [7, 11) is -3.87. The number of sulfonamides is 1. The summed E-state index contributed by atoms with van der Waals surface area (Å²) in [5.74, 6) is -0.784. The van der Waals surface area contributed by atoms with Crippen LogP contribution >= 0.6 is 0 Å². The topological polar surface area (TPSA) is 86.7 Å². The number of amides is 1. The molecule has 132 valence electrons. The van der Waals surface area contributed by atoms with Gasteiger partial charge in [-0.05, 0) is 48.9 Å². The highest BCUT2D eigenvalue weighted by Crippen LogP contribution is 2.37. The standard InChI is InChI=1S/C17H17FN2O4S/c1-11(21)19-13-3-5-14(6-4-13)25(23,24)20-9-8-17(22)15-10-12(18)2-7-16(15)20/h2-7,10,17,22H,8-9H2,1H3,(H,19,21). The molecule has 6 nitrogen and oxygen atoms in total. The van der Waals surface area contributed by atoms with E-state index in [9.17, 15) is 22.7 Å². The van der Waals surface area contributed by atoms with Crippen LogP contribution in [0.3, 0.4) is 0 Å². The highest BCUT2D eigenvalue weighted by molar-refractivity contribution is 7.92. The number of hydrogen-bond acceptors (Lipinski definition) is 4. The summed E-state index contributed by atoms with van der Waals surface area (Å²) in [6, 6.07) is 9.47. The molecular weight excluding hydrogens is 347 g/mol. The Hall–Kier alpha value is -2.45. The molecule has 0 fully saturated rings. The van der Waals surface area contributed by atoms with Gasteiger partial charge in [0.2, 0.25) is 5.91 Å². The van der Waals surface area contributed by atoms with Gasteiger partial charge in [-0.3, -0.25) is 9.10 Å². The van der Waals surface area contributed by atoms with E-state index >= 15 is 0 Å². The Kier molecular flexibility index (Phi) is 4.49. The first-order chi connectivity index (χ1) is 11.8. The average molecular weight is 364 g/mol. The van der Waals surface area contributed by atoms with Crippen LogP contribution in [0.4, 0.5) is 15.8 Å². The quantitative estimate of drug-likeness (QED) is 0.876. The van der Waals surface area contributed by atoms with Crippen molar-refractivity contribution >= 4 is 27.3 Å². The molecule has 1 heterocycles. The minimum Gasteiger partial charge on any atom is -0.388 e. The van der Waals surface area contributed by atoms with Gasteiger partial charge in [-0.1, -0.05) is 0 Å². The predicted octanol–water partition coefficient (Wildman–Crippen LogP) is 2.42. The molecule has 1 atom stereocenters. The molecule has 0 aliphatic carbocycles. The van der Waals surface area contributed by atoms with E-state index in [4.69, 9.17) is 0 Å². The SMILES string of the molecule is CC(=O)Nc1ccc(S(=O)(=O)N2CCC(O)c3cc(F)ccc32)cc1. The number of anilines is 2. The first kappa shape index (κ1) is 17.4. The molecular formula is C17H17FN2O4S. The van der Waals surface area contributed by atoms with Crippen LogP contribution < -0.4 is 9.62 Å². The Balaban J connectivity index is 1.98. The van der Waals surface area contributed by atoms with Crippen molar-refractivity contribution in [1.82, 2.24) is 0 Å². The Morgan fingerprint density at radius 3 is 2.56 bits per heavy atom. The molecule has 0 saturated heterocycles. The van der Waals surface area contributed by atoms with E-state index < -0.39 is 21.9 Å². The largest absolute Gasteiger partial charge is 0.388 e. The fourth-order valence-corrected chi connectivity index (χ4v) is 4.33. The van der Waals surface area contributed by atoms with Gasteiger partial charge in [0, 0.05) is 24.7 Å². The van der Waals surface area contributed by atoms with Crippen LogP contribution in [0.1, 0.15) is 25.0 Å². The third kappa shape index (κ3) is 3.35. The van der Waals surface area contributed by atoms with E-state index in [1.165, 1.54) is 47.6 Å². The van der Waals surface area contributed by atoms with Gasteiger partial charge in [-0.25, -0.2) is 12.8 Å². The molecule has 1 amide bonds. The zero-order valence-corrected chi connectivity index (χ0v) is 14.3. The first-order valence-electron chi connectivity index (χ1n) is 7.67. The van der Waals surface area contributed by atoms with Crippen molar-refractivity contribution in [3.05, 3.63) is 53.8 Å². The molecule has 1 aliphatic rings. The molecule has 0 radical (unpaired) electrons. The fourth-order valence-electron chi connectivity index (χ4n) is 2.83. The Morgan fingerprint density at radius 1 is 1.24 bits per heavy atom. The number of hydrogen-bond donors (Lipinski definition) is 2. The van der Waals surface area contributed by atoms with E-state index in [2.05, 4.69) is 5.32 Å². The number of rotatable bonds is 3. The van der Waals surface area contributed by atoms with Crippen molar-refractivity contribution < 1.29 is 22.7 Å². The normalized spacial score (nSPS) is 17.1. The molecule has 3 rings (SSSR count). The molecule has 0 bridgehead atoms. The average Bonchev–Trinajstić information content (AvgIpc) is 2.55. The van der Waals surface area contributed by atoms with Crippen LogP contribution in [-0.4, -0.2) is 26.0 Å². The summed E-state index contributed by atoms with van der Waals surface area (Å²) < 4.78 is 40.5. The van der Waals surface area contributed by atoms with Crippen LogP contribution in [0.25, 0.3) is 0 Å². The van der Waals surface area contributed by atoms with E-state index in [1.54, 1.807) is 0 Å². The van der Waals surface area contributed by atoms with E-state index in [0.29, 0.717) is 5.69 Å². The summed E-state index contributed by atoms with van der Waals surface area (Å²) in [4.78, 5) is 11.1. The lowest BCUT2D eigenvalue weighted by Crippen LogP contribution is -2.36. The minimum absolute atomic E-state index is 0.0493. The van der Waals surface area contributed by atoms with Crippen molar-refractivity contribution in [1.29, 1.82) is 0 Å². The summed E-state index contributed by atoms with van der Waals surface area (Å²) in [5, 5.41) is 12.6. The van der Waals surface area contributed by atoms with Crippen LogP contribution in [-0.2, 0) is 14.8 Å². The molecule has 0 aromatic heterocycles. The van der Waals surface area contributed by atoms with E-state index in [1.807, 2.05) is 0 Å². The molecule has 1 unspecified atom stereocenters. The lowest BCUT2D eigenvalue weighted by molar-refractivity contribution is -0.114. The Labute approximate surface area is 144 Å². The van der Waals surface area contributed by atoms with Crippen molar-refractivity contribution in [2.24, 2.45) is 0 Å². The van der Waals surface area contributed by atoms with E-state index in [0.717, 1.165) is 6.07 Å². The van der Waals surface area contributed by atoms with Gasteiger partial charge in [0.1, 0.15) is 5.82 Å². The highest BCUT2D eigenvalue weighted by Gasteiger charge is 2.32. The Morgan fingerprint density at radius 2 is 1.92 bits per heavy atom. The lowest BCUT2D eigenvalue weighted by Gasteiger charge is -2.33. The second kappa shape index (κ2) is 6.45. The third-order valence-corrected chi connectivity index (χ3v) is 5.81. The van der Waals surface area contributed by atoms with Gasteiger partial charge in [0.25, 0.3) is 10.0 Å². The number of nitrogens with zero attached hydrogens (tertiary/aromatic N) is 1. The van der Waals surface area contributed by atoms with Crippen molar-refractivity contribution in [2.75, 3.05) is 16.2 Å². The zero-order valence-electron chi connectivity index (χ0n) is 13.4. The monoisotopic (exact) mass is 364 g/mol. The third-order valence-electron chi connectivity index (χ3n) is 3.99. The molecule has 0 saturated carbocycles. The predicted molar refractivity (Wildman–Crippen MR) is 91.3 cm³/mol. The highest BCUT2D eigenvalue weighted by atomic mass is 32.2. The molecule has 2 aromatic carbocycles. The molecule has 0 spiro atoms. The van der Waals surface area contributed by atoms with Gasteiger partial charge in [0.15, 0.2) is 0 Å². The minimum atomic E-state index is -3.87. The second-order valence-electron chi connectivity index (χ2n) is 5.79. The summed E-state index contributed by atoms with van der Waals surface area (Å²) in [6.45, 7) is 1.45. The lowest BCUT2D eigenvalue weighted by atomic mass is 10.0. The number of benzene rings is 2. The fraction of sp³-hybridized carbons (Fsp3) is 0.235. The smallest absolute Gasteiger partial charge is 0.264 e. The summed E-state index contributed by atoms with van der Waals surface area (Å²) in [5.41, 5.74) is 1.01. The number of halogens is 1. The van der Waals surface area contributed by atoms with Crippen LogP contribution in [0, 0.1) is 5.82 Å². The Bertz CT molecular complexity index is 913. The van der Waals surface area contributed by atoms with E-state index in [-0.39, 0.29) is 35.0 Å². The van der Waals surface area contributed by atoms with Crippen LogP contribution in [0.5, 0.6) is 0 Å². The van der Waals surface area contributed by atoms with Crippen molar-refractivity contribution in [3.8, 4) is 0 Å². The maximum atomic E-state index is 13.4. The van der Waals surface area contributed by atoms with Gasteiger partial charge in [0.05, 0.1) is 16.7 Å². The second-order valence-corrected chi connectivity index (χ2v) is 7.65. The number of nitrogens with one attached hydrogen (secondary N) is 1. The van der Waals surface area contributed by atoms with Gasteiger partial charge in [-0.2, -0.15) is 0 Å². The van der Waals surface area contributed by atoms with Gasteiger partial charge in [-0.15, -0.1) is 0 Å². The first-order valence-corrected chi connectivity index (χ1v) is 9.11. The molecule has 8 heteroatoms. The maximum absolute atomic E-state index is 13.4. The van der Waals surface area contributed by atoms with Gasteiger partial charge < -0.3 is 10.4 Å². The zero-order chi connectivity index (χ0) is 18.2. The van der Waals surface area contributed by atoms with Crippen LogP contribution in [0.2, 0.25) is 0 Å². The number of fused-ring (bicyclic) bond motifs is 1. The van der Waals surface area contributed by atoms with Crippen molar-refractivity contribution in [3.63, 3.8) is 0 Å². The molecule has 2 aromatic rings.